The molecule has 0 radical (unpaired) electrons. The van der Waals surface area contributed by atoms with Crippen LogP contribution in [-0.2, 0) is 6.42 Å². The maximum Gasteiger partial charge on any atom is 0.115 e. The number of phenolic OH excluding ortho intramolecular Hbond substituents is 1. The van der Waals surface area contributed by atoms with Crippen LogP contribution in [0.1, 0.15) is 43.2 Å². The van der Waals surface area contributed by atoms with E-state index in [9.17, 15) is 20.4 Å². The van der Waals surface area contributed by atoms with E-state index in [-0.39, 0.29) is 11.8 Å². The molecule has 6 unspecified atom stereocenters. The average molecular weight is 304 g/mol. The van der Waals surface area contributed by atoms with Crippen LogP contribution < -0.4 is 0 Å². The van der Waals surface area contributed by atoms with Gasteiger partial charge in [0.05, 0.1) is 12.2 Å². The van der Waals surface area contributed by atoms with Gasteiger partial charge in [-0.1, -0.05) is 13.0 Å². The van der Waals surface area contributed by atoms with Crippen molar-refractivity contribution in [1.82, 2.24) is 0 Å². The summed E-state index contributed by atoms with van der Waals surface area (Å²) in [5.41, 5.74) is 2.09. The monoisotopic (exact) mass is 304 g/mol. The van der Waals surface area contributed by atoms with Gasteiger partial charge in [-0.15, -0.1) is 0 Å². The van der Waals surface area contributed by atoms with E-state index < -0.39 is 23.7 Å². The minimum Gasteiger partial charge on any atom is -0.508 e. The van der Waals surface area contributed by atoms with Crippen molar-refractivity contribution in [2.45, 2.75) is 56.8 Å². The molecule has 3 aliphatic rings. The summed E-state index contributed by atoms with van der Waals surface area (Å²) in [6.45, 7) is 2.02. The molecule has 7 atom stereocenters. The molecule has 0 spiro atoms. The summed E-state index contributed by atoms with van der Waals surface area (Å²) in [5.74, 6) is 0.898. The molecule has 2 fully saturated rings. The van der Waals surface area contributed by atoms with Crippen LogP contribution in [0.5, 0.6) is 5.75 Å². The summed E-state index contributed by atoms with van der Waals surface area (Å²) >= 11 is 0. The molecule has 4 nitrogen and oxygen atoms in total. The second-order valence-corrected chi connectivity index (χ2v) is 7.69. The lowest BCUT2D eigenvalue weighted by Crippen LogP contribution is -2.46. The number of hydrogen-bond donors (Lipinski definition) is 4. The van der Waals surface area contributed by atoms with Crippen molar-refractivity contribution in [2.75, 3.05) is 0 Å². The molecule has 22 heavy (non-hydrogen) atoms. The number of fused-ring (bicyclic) bond motifs is 5. The molecule has 3 aliphatic carbocycles. The Hall–Kier alpha value is -1.10. The molecule has 1 aromatic rings. The maximum atomic E-state index is 10.5. The van der Waals surface area contributed by atoms with Crippen LogP contribution in [-0.4, -0.2) is 38.7 Å². The Labute approximate surface area is 130 Å². The van der Waals surface area contributed by atoms with Gasteiger partial charge in [0.25, 0.3) is 0 Å². The first-order valence-electron chi connectivity index (χ1n) is 8.29. The molecule has 4 heteroatoms. The highest BCUT2D eigenvalue weighted by molar-refractivity contribution is 5.40. The van der Waals surface area contributed by atoms with Crippen molar-refractivity contribution >= 4 is 0 Å². The van der Waals surface area contributed by atoms with E-state index in [2.05, 4.69) is 0 Å². The fourth-order valence-corrected chi connectivity index (χ4v) is 5.62. The maximum absolute atomic E-state index is 10.5. The van der Waals surface area contributed by atoms with Crippen molar-refractivity contribution in [3.05, 3.63) is 29.3 Å². The van der Waals surface area contributed by atoms with E-state index in [1.807, 2.05) is 19.1 Å². The Balaban J connectivity index is 1.74. The van der Waals surface area contributed by atoms with Crippen molar-refractivity contribution in [3.63, 3.8) is 0 Å². The Kier molecular flexibility index (Phi) is 3.09. The molecular formula is C18H24O4. The highest BCUT2D eigenvalue weighted by Crippen LogP contribution is 2.60. The van der Waals surface area contributed by atoms with E-state index in [0.717, 1.165) is 25.7 Å². The lowest BCUT2D eigenvalue weighted by molar-refractivity contribution is -0.0505. The number of aliphatic hydroxyl groups is 3. The van der Waals surface area contributed by atoms with Crippen molar-refractivity contribution in [3.8, 4) is 5.75 Å². The SMILES string of the molecule is C[C@]12CCC3c4ccc(O)cc4CCC3C1C(O)C(O)C2O. The molecule has 0 amide bonds. The molecule has 1 aromatic carbocycles. The molecule has 0 aliphatic heterocycles. The van der Waals surface area contributed by atoms with Crippen molar-refractivity contribution in [1.29, 1.82) is 0 Å². The van der Waals surface area contributed by atoms with Gasteiger partial charge >= 0.3 is 0 Å². The molecule has 0 saturated heterocycles. The third-order valence-electron chi connectivity index (χ3n) is 6.72. The minimum absolute atomic E-state index is 0.0572. The van der Waals surface area contributed by atoms with Crippen LogP contribution in [0.3, 0.4) is 0 Å². The zero-order valence-corrected chi connectivity index (χ0v) is 12.8. The van der Waals surface area contributed by atoms with Gasteiger partial charge in [-0.25, -0.2) is 0 Å². The lowest BCUT2D eigenvalue weighted by atomic mass is 9.55. The molecule has 120 valence electrons. The number of aliphatic hydroxyl groups excluding tert-OH is 3. The predicted octanol–water partition coefficient (Wildman–Crippen LogP) is 1.55. The van der Waals surface area contributed by atoms with E-state index >= 15 is 0 Å². The summed E-state index contributed by atoms with van der Waals surface area (Å²) in [6.07, 6.45) is 0.894. The number of aryl methyl sites for hydroxylation is 1. The quantitative estimate of drug-likeness (QED) is 0.586. The van der Waals surface area contributed by atoms with Gasteiger partial charge in [0.1, 0.15) is 11.9 Å². The van der Waals surface area contributed by atoms with Gasteiger partial charge in [0.2, 0.25) is 0 Å². The van der Waals surface area contributed by atoms with Crippen LogP contribution >= 0.6 is 0 Å². The average Bonchev–Trinajstić information content (AvgIpc) is 2.68. The van der Waals surface area contributed by atoms with E-state index in [1.165, 1.54) is 11.1 Å². The standard InChI is InChI=1S/C18H24O4/c1-18-7-6-12-11-5-3-10(19)8-9(11)2-4-13(12)14(18)15(20)16(21)17(18)22/h3,5,8,12-17,19-22H,2,4,6-7H2,1H3/t12?,13?,14?,15?,16?,17?,18-/m0/s1. The fourth-order valence-electron chi connectivity index (χ4n) is 5.62. The first-order valence-corrected chi connectivity index (χ1v) is 8.29. The van der Waals surface area contributed by atoms with E-state index in [4.69, 9.17) is 0 Å². The van der Waals surface area contributed by atoms with Crippen LogP contribution in [0, 0.1) is 17.3 Å². The second kappa shape index (κ2) is 4.70. The fraction of sp³-hybridized carbons (Fsp3) is 0.667. The molecule has 0 heterocycles. The molecule has 4 rings (SSSR count). The minimum atomic E-state index is -1.03. The summed E-state index contributed by atoms with van der Waals surface area (Å²) < 4.78 is 0. The largest absolute Gasteiger partial charge is 0.508 e. The molecule has 4 N–H and O–H groups in total. The number of benzene rings is 1. The Morgan fingerprint density at radius 2 is 1.86 bits per heavy atom. The Morgan fingerprint density at radius 3 is 2.64 bits per heavy atom. The van der Waals surface area contributed by atoms with Crippen LogP contribution in [0.4, 0.5) is 0 Å². The third-order valence-corrected chi connectivity index (χ3v) is 6.72. The number of rotatable bonds is 0. The summed E-state index contributed by atoms with van der Waals surface area (Å²) in [5, 5.41) is 40.7. The van der Waals surface area contributed by atoms with Gasteiger partial charge in [0.15, 0.2) is 0 Å². The molecular weight excluding hydrogens is 280 g/mol. The smallest absolute Gasteiger partial charge is 0.115 e. The van der Waals surface area contributed by atoms with Gasteiger partial charge in [0, 0.05) is 5.41 Å². The van der Waals surface area contributed by atoms with E-state index in [0.29, 0.717) is 11.7 Å². The number of aromatic hydroxyl groups is 1. The second-order valence-electron chi connectivity index (χ2n) is 7.69. The highest BCUT2D eigenvalue weighted by atomic mass is 16.4. The summed E-state index contributed by atoms with van der Waals surface area (Å²) in [4.78, 5) is 0. The van der Waals surface area contributed by atoms with Gasteiger partial charge in [-0.3, -0.25) is 0 Å². The highest BCUT2D eigenvalue weighted by Gasteiger charge is 2.62. The van der Waals surface area contributed by atoms with Crippen LogP contribution in [0.2, 0.25) is 0 Å². The first kappa shape index (κ1) is 14.5. The zero-order valence-electron chi connectivity index (χ0n) is 12.8. The molecule has 0 bridgehead atoms. The molecule has 0 aromatic heterocycles. The Morgan fingerprint density at radius 1 is 1.09 bits per heavy atom. The van der Waals surface area contributed by atoms with Gasteiger partial charge < -0.3 is 20.4 Å². The van der Waals surface area contributed by atoms with Crippen LogP contribution in [0.15, 0.2) is 18.2 Å². The van der Waals surface area contributed by atoms with E-state index in [1.54, 1.807) is 6.07 Å². The number of hydrogen-bond acceptors (Lipinski definition) is 4. The van der Waals surface area contributed by atoms with Crippen molar-refractivity contribution < 1.29 is 20.4 Å². The predicted molar refractivity (Wildman–Crippen MR) is 81.5 cm³/mol. The normalized spacial score (nSPS) is 46.7. The lowest BCUT2D eigenvalue weighted by Gasteiger charge is -2.50. The third kappa shape index (κ3) is 1.75. The van der Waals surface area contributed by atoms with Gasteiger partial charge in [-0.05, 0) is 66.7 Å². The Bertz CT molecular complexity index is 601. The summed E-state index contributed by atoms with van der Waals surface area (Å²) in [6, 6.07) is 5.61. The van der Waals surface area contributed by atoms with Crippen molar-refractivity contribution in [2.24, 2.45) is 17.3 Å². The zero-order chi connectivity index (χ0) is 15.6. The number of phenols is 1. The molecule has 2 saturated carbocycles. The topological polar surface area (TPSA) is 80.9 Å². The van der Waals surface area contributed by atoms with Gasteiger partial charge in [-0.2, -0.15) is 0 Å². The summed E-state index contributed by atoms with van der Waals surface area (Å²) in [7, 11) is 0. The van der Waals surface area contributed by atoms with Crippen LogP contribution in [0.25, 0.3) is 0 Å². The first-order chi connectivity index (χ1) is 10.4.